The first-order chi connectivity index (χ1) is 13.3. The van der Waals surface area contributed by atoms with E-state index in [1.54, 1.807) is 12.1 Å². The Morgan fingerprint density at radius 3 is 2.25 bits per heavy atom. The maximum Gasteiger partial charge on any atom is 0.337 e. The van der Waals surface area contributed by atoms with Crippen LogP contribution < -0.4 is 10.2 Å². The van der Waals surface area contributed by atoms with Gasteiger partial charge in [0.1, 0.15) is 0 Å². The van der Waals surface area contributed by atoms with E-state index in [1.165, 1.54) is 32.1 Å². The number of benzene rings is 1. The second-order valence-corrected chi connectivity index (χ2v) is 9.05. The van der Waals surface area contributed by atoms with Crippen LogP contribution in [0.15, 0.2) is 18.2 Å². The Hall–Kier alpha value is -2.08. The lowest BCUT2D eigenvalue weighted by Crippen LogP contribution is -2.50. The second-order valence-electron chi connectivity index (χ2n) is 9.05. The maximum atomic E-state index is 12.3. The molecule has 28 heavy (non-hydrogen) atoms. The Balaban J connectivity index is 1.68. The molecule has 6 heteroatoms. The van der Waals surface area contributed by atoms with Gasteiger partial charge in [-0.3, -0.25) is 9.69 Å². The summed E-state index contributed by atoms with van der Waals surface area (Å²) in [7, 11) is 0. The van der Waals surface area contributed by atoms with Crippen LogP contribution in [0.1, 0.15) is 63.2 Å². The van der Waals surface area contributed by atoms with Crippen LogP contribution in [0.2, 0.25) is 0 Å². The minimum atomic E-state index is -1.02. The fourth-order valence-electron chi connectivity index (χ4n) is 4.12. The zero-order valence-electron chi connectivity index (χ0n) is 17.3. The van der Waals surface area contributed by atoms with E-state index in [2.05, 4.69) is 15.1 Å². The Labute approximate surface area is 167 Å². The topological polar surface area (TPSA) is 72.9 Å². The maximum absolute atomic E-state index is 12.3. The molecule has 1 saturated carbocycles. The summed E-state index contributed by atoms with van der Waals surface area (Å²) in [5.41, 5.74) is 0.834. The van der Waals surface area contributed by atoms with Gasteiger partial charge in [-0.2, -0.15) is 0 Å². The number of carboxylic acids is 1. The van der Waals surface area contributed by atoms with Crippen molar-refractivity contribution in [3.05, 3.63) is 23.8 Å². The smallest absolute Gasteiger partial charge is 0.337 e. The SMILES string of the molecule is CC(C)(C)C(=O)Nc1ccc(N2CCN(C3CCCCC3)CC2)cc1C(=O)O. The van der Waals surface area contributed by atoms with Crippen LogP contribution in [0, 0.1) is 5.41 Å². The predicted octanol–water partition coefficient (Wildman–Crippen LogP) is 3.82. The highest BCUT2D eigenvalue weighted by atomic mass is 16.4. The summed E-state index contributed by atoms with van der Waals surface area (Å²) >= 11 is 0. The minimum absolute atomic E-state index is 0.143. The third-order valence-corrected chi connectivity index (χ3v) is 5.93. The Kier molecular flexibility index (Phi) is 6.28. The molecular weight excluding hydrogens is 354 g/mol. The number of rotatable bonds is 4. The van der Waals surface area contributed by atoms with E-state index in [-0.39, 0.29) is 11.5 Å². The predicted molar refractivity (Wildman–Crippen MR) is 112 cm³/mol. The third-order valence-electron chi connectivity index (χ3n) is 5.93. The number of nitrogens with zero attached hydrogens (tertiary/aromatic N) is 2. The first kappa shape index (κ1) is 20.6. The van der Waals surface area contributed by atoms with Gasteiger partial charge in [-0.25, -0.2) is 4.79 Å². The lowest BCUT2D eigenvalue weighted by molar-refractivity contribution is -0.123. The third kappa shape index (κ3) is 4.85. The summed E-state index contributed by atoms with van der Waals surface area (Å²) in [5.74, 6) is -1.21. The first-order valence-electron chi connectivity index (χ1n) is 10.4. The molecule has 1 aliphatic carbocycles. The summed E-state index contributed by atoms with van der Waals surface area (Å²) in [6.45, 7) is 9.28. The standard InChI is InChI=1S/C22H33N3O3/c1-22(2,3)21(28)23-19-10-9-17(15-18(19)20(26)27)25-13-11-24(12-14-25)16-7-5-4-6-8-16/h9-10,15-16H,4-8,11-14H2,1-3H3,(H,23,28)(H,26,27). The van der Waals surface area contributed by atoms with Gasteiger partial charge in [-0.05, 0) is 31.0 Å². The molecule has 1 aromatic rings. The molecule has 0 aromatic heterocycles. The van der Waals surface area contributed by atoms with E-state index in [0.29, 0.717) is 5.69 Å². The number of hydrogen-bond donors (Lipinski definition) is 2. The summed E-state index contributed by atoms with van der Waals surface area (Å²) in [4.78, 5) is 28.9. The number of anilines is 2. The molecule has 6 nitrogen and oxygen atoms in total. The molecule has 2 aliphatic rings. The van der Waals surface area contributed by atoms with Gasteiger partial charge in [0.25, 0.3) is 0 Å². The Bertz CT molecular complexity index is 712. The molecule has 0 unspecified atom stereocenters. The largest absolute Gasteiger partial charge is 0.478 e. The van der Waals surface area contributed by atoms with Crippen LogP contribution in [0.5, 0.6) is 0 Å². The van der Waals surface area contributed by atoms with E-state index in [0.717, 1.165) is 37.9 Å². The highest BCUT2D eigenvalue weighted by Gasteiger charge is 2.27. The summed E-state index contributed by atoms with van der Waals surface area (Å²) in [6, 6.07) is 6.05. The molecule has 1 saturated heterocycles. The molecule has 2 N–H and O–H groups in total. The van der Waals surface area contributed by atoms with Crippen molar-refractivity contribution >= 4 is 23.3 Å². The zero-order valence-corrected chi connectivity index (χ0v) is 17.3. The van der Waals surface area contributed by atoms with Crippen molar-refractivity contribution in [2.45, 2.75) is 58.9 Å². The number of carboxylic acid groups (broad SMARTS) is 1. The number of aromatic carboxylic acids is 1. The molecule has 3 rings (SSSR count). The average Bonchev–Trinajstić information content (AvgIpc) is 2.68. The van der Waals surface area contributed by atoms with E-state index < -0.39 is 11.4 Å². The molecule has 0 spiro atoms. The number of piperazine rings is 1. The van der Waals surface area contributed by atoms with Gasteiger partial charge in [0.05, 0.1) is 11.3 Å². The van der Waals surface area contributed by atoms with Crippen LogP contribution in [0.25, 0.3) is 0 Å². The summed E-state index contributed by atoms with van der Waals surface area (Å²) in [5, 5.41) is 12.4. The van der Waals surface area contributed by atoms with Crippen LogP contribution >= 0.6 is 0 Å². The van der Waals surface area contributed by atoms with Gasteiger partial charge in [-0.1, -0.05) is 40.0 Å². The number of carbonyl (C=O) groups excluding carboxylic acids is 1. The summed E-state index contributed by atoms with van der Waals surface area (Å²) in [6.07, 6.45) is 6.67. The molecule has 2 fully saturated rings. The number of hydrogen-bond acceptors (Lipinski definition) is 4. The van der Waals surface area contributed by atoms with E-state index >= 15 is 0 Å². The Morgan fingerprint density at radius 1 is 1.04 bits per heavy atom. The van der Waals surface area contributed by atoms with Gasteiger partial charge < -0.3 is 15.3 Å². The van der Waals surface area contributed by atoms with Gasteiger partial charge in [0.15, 0.2) is 0 Å². The lowest BCUT2D eigenvalue weighted by Gasteiger charge is -2.41. The molecule has 0 atom stereocenters. The highest BCUT2D eigenvalue weighted by molar-refractivity contribution is 6.02. The molecule has 1 amide bonds. The van der Waals surface area contributed by atoms with Gasteiger partial charge in [0, 0.05) is 43.3 Å². The zero-order chi connectivity index (χ0) is 20.3. The number of carbonyl (C=O) groups is 2. The number of nitrogens with one attached hydrogen (secondary N) is 1. The second kappa shape index (κ2) is 8.52. The number of amides is 1. The van der Waals surface area contributed by atoms with Crippen molar-refractivity contribution in [3.8, 4) is 0 Å². The molecular formula is C22H33N3O3. The molecule has 0 bridgehead atoms. The van der Waals surface area contributed by atoms with Crippen LogP contribution in [-0.2, 0) is 4.79 Å². The van der Waals surface area contributed by atoms with Gasteiger partial charge >= 0.3 is 5.97 Å². The van der Waals surface area contributed by atoms with E-state index in [1.807, 2.05) is 26.8 Å². The fourth-order valence-corrected chi connectivity index (χ4v) is 4.12. The molecule has 1 aliphatic heterocycles. The minimum Gasteiger partial charge on any atom is -0.478 e. The molecule has 154 valence electrons. The van der Waals surface area contributed by atoms with Gasteiger partial charge in [0.2, 0.25) is 5.91 Å². The monoisotopic (exact) mass is 387 g/mol. The molecule has 1 heterocycles. The van der Waals surface area contributed by atoms with Crippen molar-refractivity contribution in [3.63, 3.8) is 0 Å². The quantitative estimate of drug-likeness (QED) is 0.822. The molecule has 1 aromatic carbocycles. The lowest BCUT2D eigenvalue weighted by atomic mass is 9.94. The average molecular weight is 388 g/mol. The van der Waals surface area contributed by atoms with Gasteiger partial charge in [-0.15, -0.1) is 0 Å². The van der Waals surface area contributed by atoms with Crippen molar-refractivity contribution in [2.75, 3.05) is 36.4 Å². The van der Waals surface area contributed by atoms with Crippen LogP contribution in [-0.4, -0.2) is 54.1 Å². The van der Waals surface area contributed by atoms with E-state index in [9.17, 15) is 14.7 Å². The van der Waals surface area contributed by atoms with Crippen LogP contribution in [0.4, 0.5) is 11.4 Å². The summed E-state index contributed by atoms with van der Waals surface area (Å²) < 4.78 is 0. The van der Waals surface area contributed by atoms with Crippen molar-refractivity contribution in [2.24, 2.45) is 5.41 Å². The van der Waals surface area contributed by atoms with Crippen molar-refractivity contribution < 1.29 is 14.7 Å². The Morgan fingerprint density at radius 2 is 1.68 bits per heavy atom. The highest BCUT2D eigenvalue weighted by Crippen LogP contribution is 2.28. The first-order valence-corrected chi connectivity index (χ1v) is 10.4. The van der Waals surface area contributed by atoms with Crippen molar-refractivity contribution in [1.29, 1.82) is 0 Å². The van der Waals surface area contributed by atoms with Crippen molar-refractivity contribution in [1.82, 2.24) is 4.90 Å². The molecule has 0 radical (unpaired) electrons. The fraction of sp³-hybridized carbons (Fsp3) is 0.636. The van der Waals surface area contributed by atoms with Crippen LogP contribution in [0.3, 0.4) is 0 Å². The van der Waals surface area contributed by atoms with E-state index in [4.69, 9.17) is 0 Å². The normalized spacial score (nSPS) is 19.5.